The van der Waals surface area contributed by atoms with Crippen LogP contribution in [-0.2, 0) is 16.8 Å². The van der Waals surface area contributed by atoms with Crippen molar-refractivity contribution in [2.24, 2.45) is 0 Å². The highest BCUT2D eigenvalue weighted by molar-refractivity contribution is 7.07. The summed E-state index contributed by atoms with van der Waals surface area (Å²) in [6.45, 7) is 6.63. The Hall–Kier alpha value is -1.88. The smallest absolute Gasteiger partial charge is 0.307 e. The molecule has 0 aliphatic heterocycles. The molecule has 0 spiro atoms. The summed E-state index contributed by atoms with van der Waals surface area (Å²) >= 11 is 1.12. The zero-order valence-corrected chi connectivity index (χ0v) is 13.4. The fraction of sp³-hybridized carbons (Fsp3) is 0.375. The third-order valence-corrected chi connectivity index (χ3v) is 4.44. The second kappa shape index (κ2) is 6.26. The lowest BCUT2D eigenvalue weighted by Crippen LogP contribution is -2.39. The number of rotatable bonds is 5. The molecule has 1 N–H and O–H groups in total. The van der Waals surface area contributed by atoms with Gasteiger partial charge in [0.25, 0.3) is 0 Å². The van der Waals surface area contributed by atoms with E-state index in [1.807, 2.05) is 25.1 Å². The molecular weight excluding hydrogens is 284 g/mol. The van der Waals surface area contributed by atoms with Gasteiger partial charge in [-0.25, -0.2) is 0 Å². The highest BCUT2D eigenvalue weighted by atomic mass is 32.1. The van der Waals surface area contributed by atoms with E-state index >= 15 is 0 Å². The van der Waals surface area contributed by atoms with E-state index in [0.29, 0.717) is 6.54 Å². The predicted octanol–water partition coefficient (Wildman–Crippen LogP) is 2.31. The van der Waals surface area contributed by atoms with Gasteiger partial charge in [-0.15, -0.1) is 0 Å². The van der Waals surface area contributed by atoms with Crippen molar-refractivity contribution in [2.75, 3.05) is 6.54 Å². The SMILES string of the molecule is Cc1csc(=O)n1CC(=O)NCC(C)(C)c1ccccc1. The average molecular weight is 304 g/mol. The number of carbonyl (C=O) groups is 1. The second-order valence-electron chi connectivity index (χ2n) is 5.76. The van der Waals surface area contributed by atoms with Crippen molar-refractivity contribution in [3.63, 3.8) is 0 Å². The van der Waals surface area contributed by atoms with Gasteiger partial charge in [0, 0.05) is 23.0 Å². The van der Waals surface area contributed by atoms with E-state index in [-0.39, 0.29) is 22.7 Å². The Bertz CT molecular complexity index is 671. The van der Waals surface area contributed by atoms with E-state index in [4.69, 9.17) is 0 Å². The standard InChI is InChI=1S/C16H20N2O2S/c1-12-10-21-15(20)18(12)9-14(19)17-11-16(2,3)13-7-5-4-6-8-13/h4-8,10H,9,11H2,1-3H3,(H,17,19). The van der Waals surface area contributed by atoms with Gasteiger partial charge in [0.2, 0.25) is 5.91 Å². The van der Waals surface area contributed by atoms with Crippen LogP contribution in [0.4, 0.5) is 0 Å². The van der Waals surface area contributed by atoms with Crippen molar-refractivity contribution in [1.29, 1.82) is 0 Å². The Labute approximate surface area is 128 Å². The van der Waals surface area contributed by atoms with E-state index in [0.717, 1.165) is 17.0 Å². The minimum Gasteiger partial charge on any atom is -0.354 e. The van der Waals surface area contributed by atoms with Gasteiger partial charge in [0.05, 0.1) is 0 Å². The highest BCUT2D eigenvalue weighted by Gasteiger charge is 2.21. The monoisotopic (exact) mass is 304 g/mol. The fourth-order valence-electron chi connectivity index (χ4n) is 2.11. The summed E-state index contributed by atoms with van der Waals surface area (Å²) in [4.78, 5) is 23.5. The normalized spacial score (nSPS) is 11.4. The van der Waals surface area contributed by atoms with Crippen LogP contribution >= 0.6 is 11.3 Å². The Balaban J connectivity index is 1.97. The maximum absolute atomic E-state index is 12.0. The molecule has 0 aliphatic rings. The lowest BCUT2D eigenvalue weighted by molar-refractivity contribution is -0.121. The molecule has 0 saturated heterocycles. The van der Waals surface area contributed by atoms with Gasteiger partial charge in [0.15, 0.2) is 0 Å². The number of hydrogen-bond donors (Lipinski definition) is 1. The van der Waals surface area contributed by atoms with E-state index in [1.54, 1.807) is 5.38 Å². The molecule has 1 amide bonds. The Kier molecular flexibility index (Phi) is 4.63. The number of nitrogens with zero attached hydrogens (tertiary/aromatic N) is 1. The fourth-order valence-corrected chi connectivity index (χ4v) is 2.84. The number of aromatic nitrogens is 1. The van der Waals surface area contributed by atoms with Gasteiger partial charge in [-0.2, -0.15) is 0 Å². The molecule has 0 bridgehead atoms. The van der Waals surface area contributed by atoms with Crippen LogP contribution in [0.5, 0.6) is 0 Å². The number of amides is 1. The van der Waals surface area contributed by atoms with Crippen LogP contribution in [0.25, 0.3) is 0 Å². The molecule has 1 aromatic carbocycles. The Morgan fingerprint density at radius 2 is 1.95 bits per heavy atom. The Morgan fingerprint density at radius 1 is 1.29 bits per heavy atom. The van der Waals surface area contributed by atoms with E-state index in [2.05, 4.69) is 31.3 Å². The summed E-state index contributed by atoms with van der Waals surface area (Å²) in [6, 6.07) is 10.1. The molecule has 0 atom stereocenters. The van der Waals surface area contributed by atoms with Gasteiger partial charge >= 0.3 is 4.87 Å². The zero-order valence-electron chi connectivity index (χ0n) is 12.6. The molecule has 0 fully saturated rings. The predicted molar refractivity (Wildman–Crippen MR) is 85.8 cm³/mol. The lowest BCUT2D eigenvalue weighted by atomic mass is 9.84. The number of thiazole rings is 1. The van der Waals surface area contributed by atoms with E-state index in [1.165, 1.54) is 10.1 Å². The van der Waals surface area contributed by atoms with Gasteiger partial charge in [-0.1, -0.05) is 55.5 Å². The molecule has 1 heterocycles. The van der Waals surface area contributed by atoms with Crippen molar-refractivity contribution >= 4 is 17.2 Å². The minimum absolute atomic E-state index is 0.0824. The molecule has 0 radical (unpaired) electrons. The lowest BCUT2D eigenvalue weighted by Gasteiger charge is -2.25. The Morgan fingerprint density at radius 3 is 2.52 bits per heavy atom. The first-order chi connectivity index (χ1) is 9.90. The van der Waals surface area contributed by atoms with Gasteiger partial charge in [-0.3, -0.25) is 14.2 Å². The van der Waals surface area contributed by atoms with E-state index in [9.17, 15) is 9.59 Å². The second-order valence-corrected chi connectivity index (χ2v) is 6.58. The van der Waals surface area contributed by atoms with Gasteiger partial charge < -0.3 is 5.32 Å². The van der Waals surface area contributed by atoms with Crippen molar-refractivity contribution < 1.29 is 4.79 Å². The maximum atomic E-state index is 12.0. The largest absolute Gasteiger partial charge is 0.354 e. The van der Waals surface area contributed by atoms with Crippen molar-refractivity contribution in [2.45, 2.75) is 32.7 Å². The van der Waals surface area contributed by atoms with E-state index < -0.39 is 0 Å². The molecule has 0 unspecified atom stereocenters. The number of carbonyl (C=O) groups excluding carboxylic acids is 1. The molecule has 112 valence electrons. The molecule has 2 rings (SSSR count). The van der Waals surface area contributed by atoms with Crippen LogP contribution < -0.4 is 10.2 Å². The van der Waals surface area contributed by atoms with Crippen LogP contribution in [0.15, 0.2) is 40.5 Å². The topological polar surface area (TPSA) is 51.1 Å². The summed E-state index contributed by atoms with van der Waals surface area (Å²) in [6.07, 6.45) is 0. The van der Waals surface area contributed by atoms with Crippen LogP contribution in [-0.4, -0.2) is 17.0 Å². The molecule has 21 heavy (non-hydrogen) atoms. The summed E-state index contributed by atoms with van der Waals surface area (Å²) in [5.74, 6) is -0.136. The van der Waals surface area contributed by atoms with Crippen LogP contribution in [0.2, 0.25) is 0 Å². The zero-order chi connectivity index (χ0) is 15.5. The maximum Gasteiger partial charge on any atom is 0.307 e. The number of benzene rings is 1. The molecule has 1 aromatic heterocycles. The average Bonchev–Trinajstić information content (AvgIpc) is 2.78. The van der Waals surface area contributed by atoms with Gasteiger partial charge in [-0.05, 0) is 12.5 Å². The third kappa shape index (κ3) is 3.82. The molecule has 4 nitrogen and oxygen atoms in total. The van der Waals surface area contributed by atoms with Crippen molar-refractivity contribution in [3.8, 4) is 0 Å². The van der Waals surface area contributed by atoms with Crippen LogP contribution in [0.1, 0.15) is 25.1 Å². The van der Waals surface area contributed by atoms with Crippen molar-refractivity contribution in [3.05, 3.63) is 56.6 Å². The first-order valence-electron chi connectivity index (χ1n) is 6.87. The number of aryl methyl sites for hydroxylation is 1. The summed E-state index contributed by atoms with van der Waals surface area (Å²) in [5.41, 5.74) is 1.85. The molecule has 0 saturated carbocycles. The van der Waals surface area contributed by atoms with Crippen LogP contribution in [0.3, 0.4) is 0 Å². The first-order valence-corrected chi connectivity index (χ1v) is 7.75. The molecule has 2 aromatic rings. The summed E-state index contributed by atoms with van der Waals surface area (Å²) in [7, 11) is 0. The molecule has 0 aliphatic carbocycles. The number of nitrogens with one attached hydrogen (secondary N) is 1. The minimum atomic E-state index is -0.147. The molecule has 5 heteroatoms. The molecular formula is C16H20N2O2S. The quantitative estimate of drug-likeness (QED) is 0.921. The summed E-state index contributed by atoms with van der Waals surface area (Å²) in [5, 5.41) is 4.69. The highest BCUT2D eigenvalue weighted by Crippen LogP contribution is 2.21. The van der Waals surface area contributed by atoms with Crippen molar-refractivity contribution in [1.82, 2.24) is 9.88 Å². The third-order valence-electron chi connectivity index (χ3n) is 3.56. The summed E-state index contributed by atoms with van der Waals surface area (Å²) < 4.78 is 1.50. The number of hydrogen-bond acceptors (Lipinski definition) is 3. The first kappa shape index (κ1) is 15.5. The van der Waals surface area contributed by atoms with Gasteiger partial charge in [0.1, 0.15) is 6.54 Å². The van der Waals surface area contributed by atoms with Crippen LogP contribution in [0, 0.1) is 6.92 Å².